The van der Waals surface area contributed by atoms with Gasteiger partial charge in [-0.2, -0.15) is 0 Å². The minimum atomic E-state index is -3.75. The largest absolute Gasteiger partial charge is 0.352 e. The van der Waals surface area contributed by atoms with Gasteiger partial charge in [0.15, 0.2) is 0 Å². The summed E-state index contributed by atoms with van der Waals surface area (Å²) in [7, 11) is 1.47. The van der Waals surface area contributed by atoms with Gasteiger partial charge in [0.05, 0.1) is 4.90 Å². The molecule has 0 saturated heterocycles. The van der Waals surface area contributed by atoms with Gasteiger partial charge < -0.3 is 5.32 Å². The third-order valence-corrected chi connectivity index (χ3v) is 4.82. The van der Waals surface area contributed by atoms with E-state index in [1.807, 2.05) is 0 Å². The summed E-state index contributed by atoms with van der Waals surface area (Å²) in [6, 6.07) is 5.55. The fourth-order valence-corrected chi connectivity index (χ4v) is 2.19. The summed E-state index contributed by atoms with van der Waals surface area (Å²) in [6.07, 6.45) is 0. The number of amides is 1. The first-order chi connectivity index (χ1) is 9.01. The number of halogens is 1. The van der Waals surface area contributed by atoms with Crippen LogP contribution in [-0.4, -0.2) is 20.9 Å². The molecule has 0 aliphatic rings. The van der Waals surface area contributed by atoms with Crippen LogP contribution in [0.5, 0.6) is 0 Å². The molecule has 6 heteroatoms. The van der Waals surface area contributed by atoms with Crippen LogP contribution < -0.4 is 5.32 Å². The van der Waals surface area contributed by atoms with Crippen LogP contribution in [0.1, 0.15) is 38.1 Å². The van der Waals surface area contributed by atoms with Gasteiger partial charge in [0, 0.05) is 22.8 Å². The number of carbonyl (C=O) groups excluding carboxylic acids is 1. The van der Waals surface area contributed by atoms with Gasteiger partial charge in [0.1, 0.15) is 0 Å². The van der Waals surface area contributed by atoms with Crippen molar-refractivity contribution < 1.29 is 13.2 Å². The molecule has 1 atom stereocenters. The van der Waals surface area contributed by atoms with Gasteiger partial charge in [0.25, 0.3) is 15.0 Å². The molecule has 0 aliphatic carbocycles. The molecule has 20 heavy (non-hydrogen) atoms. The number of hydrogen-bond acceptors (Lipinski definition) is 3. The molecule has 0 saturated carbocycles. The van der Waals surface area contributed by atoms with Gasteiger partial charge in [-0.15, -0.1) is 0 Å². The highest BCUT2D eigenvalue weighted by molar-refractivity contribution is 8.13. The molecule has 1 aromatic carbocycles. The Morgan fingerprint density at radius 3 is 2.15 bits per heavy atom. The molecule has 0 aliphatic heterocycles. The Balaban J connectivity index is 2.70. The predicted molar refractivity (Wildman–Crippen MR) is 80.4 cm³/mol. The molecular weight excluding hydrogens is 298 g/mol. The van der Waals surface area contributed by atoms with Gasteiger partial charge in [-0.1, -0.05) is 27.7 Å². The first-order valence-corrected chi connectivity index (χ1v) is 8.65. The van der Waals surface area contributed by atoms with E-state index >= 15 is 0 Å². The third-order valence-electron chi connectivity index (χ3n) is 3.45. The summed E-state index contributed by atoms with van der Waals surface area (Å²) >= 11 is 0. The quantitative estimate of drug-likeness (QED) is 0.868. The summed E-state index contributed by atoms with van der Waals surface area (Å²) < 4.78 is 22.2. The van der Waals surface area contributed by atoms with Gasteiger partial charge in [-0.3, -0.25) is 4.79 Å². The Morgan fingerprint density at radius 2 is 1.75 bits per heavy atom. The molecule has 1 unspecified atom stereocenters. The van der Waals surface area contributed by atoms with Crippen LogP contribution in [0.4, 0.5) is 0 Å². The smallest absolute Gasteiger partial charge is 0.261 e. The molecule has 0 fully saturated rings. The van der Waals surface area contributed by atoms with Gasteiger partial charge in [-0.05, 0) is 35.6 Å². The van der Waals surface area contributed by atoms with Crippen molar-refractivity contribution in [2.24, 2.45) is 11.3 Å². The second-order valence-corrected chi connectivity index (χ2v) is 8.51. The lowest BCUT2D eigenvalue weighted by molar-refractivity contribution is 0.0937. The van der Waals surface area contributed by atoms with Crippen LogP contribution in [0.3, 0.4) is 0 Å². The first-order valence-electron chi connectivity index (χ1n) is 6.35. The van der Waals surface area contributed by atoms with Crippen LogP contribution in [-0.2, 0) is 9.05 Å². The second-order valence-electron chi connectivity index (χ2n) is 5.94. The van der Waals surface area contributed by atoms with Gasteiger partial charge in [-0.25, -0.2) is 8.42 Å². The minimum Gasteiger partial charge on any atom is -0.352 e. The molecule has 4 nitrogen and oxygen atoms in total. The highest BCUT2D eigenvalue weighted by Crippen LogP contribution is 2.24. The maximum atomic E-state index is 11.9. The maximum absolute atomic E-state index is 11.9. The molecule has 0 aromatic heterocycles. The van der Waals surface area contributed by atoms with Crippen molar-refractivity contribution in [2.45, 2.75) is 32.6 Å². The highest BCUT2D eigenvalue weighted by atomic mass is 35.7. The molecule has 0 radical (unpaired) electrons. The zero-order valence-corrected chi connectivity index (χ0v) is 13.7. The fourth-order valence-electron chi connectivity index (χ4n) is 1.42. The lowest BCUT2D eigenvalue weighted by Gasteiger charge is -2.27. The molecule has 1 rings (SSSR count). The maximum Gasteiger partial charge on any atom is 0.261 e. The van der Waals surface area contributed by atoms with Crippen molar-refractivity contribution in [3.63, 3.8) is 0 Å². The molecule has 112 valence electrons. The van der Waals surface area contributed by atoms with Crippen molar-refractivity contribution in [3.05, 3.63) is 29.8 Å². The van der Waals surface area contributed by atoms with Gasteiger partial charge >= 0.3 is 0 Å². The summed E-state index contributed by atoms with van der Waals surface area (Å²) in [5.74, 6) is 0.105. The second kappa shape index (κ2) is 6.14. The van der Waals surface area contributed by atoms with Crippen LogP contribution in [0.15, 0.2) is 29.2 Å². The van der Waals surface area contributed by atoms with E-state index in [2.05, 4.69) is 33.0 Å². The van der Waals surface area contributed by atoms with E-state index in [0.717, 1.165) is 0 Å². The van der Waals surface area contributed by atoms with Crippen molar-refractivity contribution in [2.75, 3.05) is 6.54 Å². The normalized spacial score (nSPS) is 13.8. The lowest BCUT2D eigenvalue weighted by Crippen LogP contribution is -2.33. The predicted octanol–water partition coefficient (Wildman–Crippen LogP) is 3.03. The van der Waals surface area contributed by atoms with Crippen LogP contribution in [0.25, 0.3) is 0 Å². The number of benzene rings is 1. The first kappa shape index (κ1) is 17.0. The highest BCUT2D eigenvalue weighted by Gasteiger charge is 2.20. The van der Waals surface area contributed by atoms with E-state index in [1.165, 1.54) is 24.3 Å². The molecule has 0 heterocycles. The standard InChI is InChI=1S/C14H20ClNO3S/c1-10(14(2,3)4)9-16-13(17)11-5-7-12(8-6-11)20(15,18)19/h5-8,10H,9H2,1-4H3,(H,16,17). The van der Waals surface area contributed by atoms with Crippen molar-refractivity contribution >= 4 is 25.6 Å². The van der Waals surface area contributed by atoms with Crippen LogP contribution >= 0.6 is 10.7 Å². The van der Waals surface area contributed by atoms with E-state index in [1.54, 1.807) is 0 Å². The Bertz CT molecular complexity index is 573. The zero-order chi connectivity index (χ0) is 15.6. The average Bonchev–Trinajstić information content (AvgIpc) is 2.33. The molecule has 1 N–H and O–H groups in total. The van der Waals surface area contributed by atoms with Crippen LogP contribution in [0, 0.1) is 11.3 Å². The fraction of sp³-hybridized carbons (Fsp3) is 0.500. The van der Waals surface area contributed by atoms with Crippen molar-refractivity contribution in [1.29, 1.82) is 0 Å². The van der Waals surface area contributed by atoms with Gasteiger partial charge in [0.2, 0.25) is 0 Å². The minimum absolute atomic E-state index is 0.0150. The summed E-state index contributed by atoms with van der Waals surface area (Å²) in [4.78, 5) is 11.9. The van der Waals surface area contributed by atoms with Crippen LogP contribution in [0.2, 0.25) is 0 Å². The molecular formula is C14H20ClNO3S. The molecule has 0 spiro atoms. The van der Waals surface area contributed by atoms with Crippen molar-refractivity contribution in [1.82, 2.24) is 5.32 Å². The van der Waals surface area contributed by atoms with E-state index in [-0.39, 0.29) is 16.2 Å². The summed E-state index contributed by atoms with van der Waals surface area (Å²) in [5, 5.41) is 2.84. The number of nitrogens with one attached hydrogen (secondary N) is 1. The number of rotatable bonds is 4. The van der Waals surface area contributed by atoms with Crippen molar-refractivity contribution in [3.8, 4) is 0 Å². The molecule has 1 aromatic rings. The van der Waals surface area contributed by atoms with E-state index in [0.29, 0.717) is 18.0 Å². The Labute approximate surface area is 124 Å². The third kappa shape index (κ3) is 4.80. The monoisotopic (exact) mass is 317 g/mol. The zero-order valence-electron chi connectivity index (χ0n) is 12.1. The molecule has 1 amide bonds. The van der Waals surface area contributed by atoms with E-state index < -0.39 is 9.05 Å². The average molecular weight is 318 g/mol. The number of hydrogen-bond donors (Lipinski definition) is 1. The molecule has 0 bridgehead atoms. The lowest BCUT2D eigenvalue weighted by atomic mass is 9.82. The Kier molecular flexibility index (Phi) is 5.21. The number of carbonyl (C=O) groups is 1. The van der Waals surface area contributed by atoms with E-state index in [4.69, 9.17) is 10.7 Å². The Hall–Kier alpha value is -1.07. The summed E-state index contributed by atoms with van der Waals surface area (Å²) in [5.41, 5.74) is 0.527. The van der Waals surface area contributed by atoms with E-state index in [9.17, 15) is 13.2 Å². The summed E-state index contributed by atoms with van der Waals surface area (Å²) in [6.45, 7) is 8.99. The topological polar surface area (TPSA) is 63.2 Å². The Morgan fingerprint density at radius 1 is 1.25 bits per heavy atom. The SMILES string of the molecule is CC(CNC(=O)c1ccc(S(=O)(=O)Cl)cc1)C(C)(C)C.